The molecule has 39 heavy (non-hydrogen) atoms. The number of aromatic nitrogens is 1. The topological polar surface area (TPSA) is 70.6 Å². The number of benzene rings is 1. The van der Waals surface area contributed by atoms with Crippen LogP contribution in [0.15, 0.2) is 24.3 Å². The minimum absolute atomic E-state index is 0.0546. The molecule has 7 nitrogen and oxygen atoms in total. The largest absolute Gasteiger partial charge is 0.495 e. The molecule has 1 aromatic carbocycles. The van der Waals surface area contributed by atoms with E-state index >= 15 is 0 Å². The normalized spacial score (nSPS) is 19.2. The number of halogens is 1. The van der Waals surface area contributed by atoms with Gasteiger partial charge in [-0.1, -0.05) is 12.0 Å². The van der Waals surface area contributed by atoms with Crippen LogP contribution >= 0.6 is 0 Å². The van der Waals surface area contributed by atoms with Crippen molar-refractivity contribution in [3.8, 4) is 17.6 Å². The highest BCUT2D eigenvalue weighted by Crippen LogP contribution is 2.26. The Balaban J connectivity index is 1.54. The minimum atomic E-state index is -1.48. The van der Waals surface area contributed by atoms with E-state index in [9.17, 15) is 9.18 Å². The average molecular weight is 531 g/mol. The highest BCUT2D eigenvalue weighted by Gasteiger charge is 2.22. The molecular weight excluding hydrogens is 492 g/mol. The summed E-state index contributed by atoms with van der Waals surface area (Å²) < 4.78 is 21.4. The summed E-state index contributed by atoms with van der Waals surface area (Å²) in [6.07, 6.45) is 7.12. The molecule has 2 radical (unpaired) electrons. The fourth-order valence-electron chi connectivity index (χ4n) is 5.41. The van der Waals surface area contributed by atoms with E-state index in [2.05, 4.69) is 39.9 Å². The number of fused-ring (bicyclic) bond motifs is 1. The molecule has 0 bridgehead atoms. The molecule has 2 aromatic rings. The number of amides is 1. The lowest BCUT2D eigenvalue weighted by atomic mass is 9.90. The van der Waals surface area contributed by atoms with E-state index in [1.54, 1.807) is 33.3 Å². The molecule has 2 aliphatic carbocycles. The molecule has 2 aliphatic rings. The van der Waals surface area contributed by atoms with Crippen molar-refractivity contribution in [2.45, 2.75) is 63.2 Å². The van der Waals surface area contributed by atoms with Crippen LogP contribution in [0.1, 0.15) is 54.6 Å². The van der Waals surface area contributed by atoms with Gasteiger partial charge in [-0.2, -0.15) is 0 Å². The predicted molar refractivity (Wildman–Crippen MR) is 156 cm³/mol. The molecule has 1 atom stereocenters. The van der Waals surface area contributed by atoms with Gasteiger partial charge in [0.15, 0.2) is 0 Å². The van der Waals surface area contributed by atoms with Crippen LogP contribution in [0.2, 0.25) is 0 Å². The van der Waals surface area contributed by atoms with Gasteiger partial charge in [0.05, 0.1) is 31.1 Å². The highest BCUT2D eigenvalue weighted by molar-refractivity contribution is 6.10. The minimum Gasteiger partial charge on any atom is -0.495 e. The van der Waals surface area contributed by atoms with E-state index in [0.717, 1.165) is 47.6 Å². The quantitative estimate of drug-likeness (QED) is 0.341. The summed E-state index contributed by atoms with van der Waals surface area (Å²) in [5, 5.41) is 12.5. The molecule has 1 aromatic heterocycles. The van der Waals surface area contributed by atoms with Crippen LogP contribution in [0, 0.1) is 11.8 Å². The number of rotatable bonds is 9. The van der Waals surface area contributed by atoms with Crippen LogP contribution < -0.4 is 31.3 Å². The molecule has 1 unspecified atom stereocenters. The van der Waals surface area contributed by atoms with E-state index in [1.807, 2.05) is 17.7 Å². The molecule has 4 rings (SSSR count). The zero-order valence-corrected chi connectivity index (χ0v) is 23.4. The molecule has 0 saturated heterocycles. The molecule has 0 aliphatic heterocycles. The first kappa shape index (κ1) is 28.6. The summed E-state index contributed by atoms with van der Waals surface area (Å²) in [5.41, 5.74) is 3.24. The third kappa shape index (κ3) is 6.99. The predicted octanol–water partition coefficient (Wildman–Crippen LogP) is 1.93. The van der Waals surface area contributed by atoms with Crippen molar-refractivity contribution in [3.63, 3.8) is 0 Å². The number of nitrogens with one attached hydrogen (secondary N) is 3. The van der Waals surface area contributed by atoms with Gasteiger partial charge in [-0.05, 0) is 75.8 Å². The number of hydrogen-bond donors (Lipinski definition) is 3. The maximum absolute atomic E-state index is 14.0. The lowest BCUT2D eigenvalue weighted by Gasteiger charge is -2.30. The van der Waals surface area contributed by atoms with Crippen molar-refractivity contribution in [3.05, 3.63) is 46.1 Å². The van der Waals surface area contributed by atoms with E-state index < -0.39 is 6.07 Å². The van der Waals surface area contributed by atoms with Gasteiger partial charge in [-0.25, -0.2) is 0 Å². The lowest BCUT2D eigenvalue weighted by Crippen LogP contribution is -2.43. The third-order valence-corrected chi connectivity index (χ3v) is 7.50. The number of carbonyl (C=O) groups is 1. The Morgan fingerprint density at radius 3 is 2.64 bits per heavy atom. The Morgan fingerprint density at radius 2 is 1.97 bits per heavy atom. The lowest BCUT2D eigenvalue weighted by molar-refractivity contribution is 0.0827. The number of hydrogen-bond acceptors (Lipinski definition) is 5. The summed E-state index contributed by atoms with van der Waals surface area (Å²) in [6.45, 7) is 0.404. The number of anilines is 1. The number of nitrogens with zero attached hydrogens (tertiary/aromatic N) is 2. The summed E-state index contributed by atoms with van der Waals surface area (Å²) in [4.78, 5) is 13.8. The fourth-order valence-corrected chi connectivity index (χ4v) is 5.41. The van der Waals surface area contributed by atoms with Gasteiger partial charge in [0, 0.05) is 54.6 Å². The Bertz CT molecular complexity index is 1350. The maximum atomic E-state index is 14.0. The van der Waals surface area contributed by atoms with Crippen LogP contribution in [0.25, 0.3) is 11.8 Å². The van der Waals surface area contributed by atoms with Crippen LogP contribution in [0.3, 0.4) is 0 Å². The van der Waals surface area contributed by atoms with E-state index in [-0.39, 0.29) is 12.5 Å². The van der Waals surface area contributed by atoms with Gasteiger partial charge in [-0.15, -0.1) is 0 Å². The number of carbonyl (C=O) groups excluding carboxylic acids is 1. The molecule has 9 heteroatoms. The van der Waals surface area contributed by atoms with E-state index in [4.69, 9.17) is 12.6 Å². The van der Waals surface area contributed by atoms with Crippen LogP contribution in [-0.2, 0) is 6.54 Å². The van der Waals surface area contributed by atoms with Gasteiger partial charge in [0.25, 0.3) is 5.91 Å². The monoisotopic (exact) mass is 531 g/mol. The SMILES string of the molecule is [B]C(F)Cn1c(C#CCNc2ccc(C(=O)N(C)C)cc2OC)cc2c1=CCCC=2NC1CCC(NC)CC1. The first-order valence-corrected chi connectivity index (χ1v) is 13.7. The Kier molecular flexibility index (Phi) is 9.63. The van der Waals surface area contributed by atoms with Gasteiger partial charge < -0.3 is 30.2 Å². The molecule has 1 amide bonds. The summed E-state index contributed by atoms with van der Waals surface area (Å²) in [5.74, 6) is 6.86. The average Bonchev–Trinajstić information content (AvgIpc) is 3.28. The Morgan fingerprint density at radius 1 is 1.23 bits per heavy atom. The maximum Gasteiger partial charge on any atom is 0.253 e. The molecule has 3 N–H and O–H groups in total. The fraction of sp³-hybridized carbons (Fsp3) is 0.500. The van der Waals surface area contributed by atoms with Gasteiger partial charge in [0.2, 0.25) is 0 Å². The van der Waals surface area contributed by atoms with E-state index in [0.29, 0.717) is 29.9 Å². The van der Waals surface area contributed by atoms with Crippen LogP contribution in [0.4, 0.5) is 10.1 Å². The van der Waals surface area contributed by atoms with Crippen molar-refractivity contribution in [1.82, 2.24) is 20.1 Å². The molecule has 0 spiro atoms. The molecular formula is C30H39BFN5O2. The second kappa shape index (κ2) is 13.1. The van der Waals surface area contributed by atoms with Gasteiger partial charge >= 0.3 is 0 Å². The van der Waals surface area contributed by atoms with Gasteiger partial charge in [0.1, 0.15) is 13.6 Å². The zero-order valence-electron chi connectivity index (χ0n) is 23.4. The van der Waals surface area contributed by atoms with Crippen molar-refractivity contribution >= 4 is 31.2 Å². The smallest absolute Gasteiger partial charge is 0.253 e. The second-order valence-corrected chi connectivity index (χ2v) is 10.4. The Hall–Kier alpha value is -3.38. The molecule has 1 heterocycles. The standard InChI is InChI=1S/C30H39BFN5O2/c1-33-21-11-13-22(14-12-21)35-25-8-5-9-27-24(25)18-23(37(27)19-29(31)32)7-6-16-34-26-15-10-20(17-28(26)39-4)30(38)36(2)3/h9-10,15,17-18,21-22,29,33-35H,5,8,11-14,16,19H2,1-4H3. The third-order valence-electron chi connectivity index (χ3n) is 7.50. The van der Waals surface area contributed by atoms with Crippen molar-refractivity contribution in [2.75, 3.05) is 40.1 Å². The highest BCUT2D eigenvalue weighted by atomic mass is 19.1. The summed E-state index contributed by atoms with van der Waals surface area (Å²) >= 11 is 0. The van der Waals surface area contributed by atoms with Crippen molar-refractivity contribution in [2.24, 2.45) is 0 Å². The molecule has 1 saturated carbocycles. The first-order valence-electron chi connectivity index (χ1n) is 13.7. The zero-order chi connectivity index (χ0) is 27.9. The van der Waals surface area contributed by atoms with E-state index in [1.165, 1.54) is 23.4 Å². The van der Waals surface area contributed by atoms with Gasteiger partial charge in [-0.3, -0.25) is 9.18 Å². The van der Waals surface area contributed by atoms with Crippen molar-refractivity contribution < 1.29 is 13.9 Å². The molecule has 1 fully saturated rings. The Labute approximate surface area is 232 Å². The number of ether oxygens (including phenoxy) is 1. The van der Waals surface area contributed by atoms with Crippen LogP contribution in [-0.4, -0.2) is 76.2 Å². The summed E-state index contributed by atoms with van der Waals surface area (Å²) in [7, 11) is 12.6. The summed E-state index contributed by atoms with van der Waals surface area (Å²) in [6, 6.07) is 8.40. The van der Waals surface area contributed by atoms with Crippen molar-refractivity contribution in [1.29, 1.82) is 0 Å². The first-order chi connectivity index (χ1) is 18.8. The number of alkyl halides is 1. The number of methoxy groups -OCH3 is 1. The van der Waals surface area contributed by atoms with Crippen LogP contribution in [0.5, 0.6) is 5.75 Å². The molecule has 206 valence electrons. The second-order valence-electron chi connectivity index (χ2n) is 10.4.